The van der Waals surface area contributed by atoms with Crippen molar-refractivity contribution in [1.82, 2.24) is 15.5 Å². The molecule has 2 amide bonds. The molecule has 0 aliphatic heterocycles. The minimum absolute atomic E-state index is 0.0761. The number of rotatable bonds is 6. The molecular weight excluding hydrogens is 296 g/mol. The summed E-state index contributed by atoms with van der Waals surface area (Å²) >= 11 is 1.07. The smallest absolute Gasteiger partial charge is 0.263 e. The van der Waals surface area contributed by atoms with E-state index in [1.165, 1.54) is 13.4 Å². The number of hydrogen-bond acceptors (Lipinski definition) is 8. The number of nitrogens with zero attached hydrogens (tertiary/aromatic N) is 2. The highest BCUT2D eigenvalue weighted by atomic mass is 32.1. The number of carbonyl (C=O) groups is 2. The van der Waals surface area contributed by atoms with Gasteiger partial charge in [-0.2, -0.15) is 4.98 Å². The predicted octanol–water partition coefficient (Wildman–Crippen LogP) is -0.174. The topological polar surface area (TPSA) is 149 Å². The molecule has 0 aliphatic carbocycles. The lowest BCUT2D eigenvalue weighted by atomic mass is 10.2. The lowest BCUT2D eigenvalue weighted by molar-refractivity contribution is 0.0967. The number of hydrogen-bond donors (Lipinski definition) is 4. The number of nitrogens with two attached hydrogens (primary N) is 2. The third-order valence-electron chi connectivity index (χ3n) is 2.66. The van der Waals surface area contributed by atoms with Crippen LogP contribution in [-0.4, -0.2) is 35.5 Å². The van der Waals surface area contributed by atoms with E-state index in [1.54, 1.807) is 0 Å². The Hall–Kier alpha value is -2.62. The van der Waals surface area contributed by atoms with Crippen LogP contribution in [0.2, 0.25) is 0 Å². The van der Waals surface area contributed by atoms with Crippen molar-refractivity contribution in [1.29, 1.82) is 0 Å². The maximum atomic E-state index is 11.7. The maximum absolute atomic E-state index is 11.7. The van der Waals surface area contributed by atoms with Gasteiger partial charge in [-0.15, -0.1) is 11.3 Å². The van der Waals surface area contributed by atoms with Gasteiger partial charge in [0.05, 0.1) is 11.3 Å². The van der Waals surface area contributed by atoms with E-state index in [9.17, 15) is 9.59 Å². The first kappa shape index (κ1) is 14.8. The summed E-state index contributed by atoms with van der Waals surface area (Å²) in [6.07, 6.45) is 1.77. The predicted molar refractivity (Wildman–Crippen MR) is 77.1 cm³/mol. The van der Waals surface area contributed by atoms with Crippen molar-refractivity contribution in [3.63, 3.8) is 0 Å². The van der Waals surface area contributed by atoms with E-state index in [1.807, 2.05) is 0 Å². The second-order valence-corrected chi connectivity index (χ2v) is 5.02. The molecule has 0 atom stereocenters. The van der Waals surface area contributed by atoms with Crippen LogP contribution in [0.15, 0.2) is 10.9 Å². The normalized spacial score (nSPS) is 10.3. The SMILES string of the molecule is CNC(=O)c1sc(NCCc2ncno2)c(C(N)=O)c1N. The first-order valence-corrected chi connectivity index (χ1v) is 6.79. The molecule has 9 nitrogen and oxygen atoms in total. The van der Waals surface area contributed by atoms with Gasteiger partial charge in [-0.3, -0.25) is 9.59 Å². The van der Waals surface area contributed by atoms with E-state index in [2.05, 4.69) is 20.8 Å². The van der Waals surface area contributed by atoms with Crippen LogP contribution in [0.5, 0.6) is 0 Å². The number of anilines is 2. The van der Waals surface area contributed by atoms with Gasteiger partial charge in [0.15, 0.2) is 6.33 Å². The van der Waals surface area contributed by atoms with E-state index in [-0.39, 0.29) is 22.0 Å². The minimum atomic E-state index is -0.695. The monoisotopic (exact) mass is 310 g/mol. The van der Waals surface area contributed by atoms with Crippen LogP contribution in [0.3, 0.4) is 0 Å². The Bertz CT molecular complexity index is 651. The van der Waals surface area contributed by atoms with Crippen molar-refractivity contribution in [3.05, 3.63) is 22.7 Å². The van der Waals surface area contributed by atoms with E-state index in [4.69, 9.17) is 16.0 Å². The molecule has 6 N–H and O–H groups in total. The maximum Gasteiger partial charge on any atom is 0.263 e. The standard InChI is InChI=1S/C11H14N6O3S/c1-14-10(19)8-7(12)6(9(13)18)11(21-8)15-3-2-5-16-4-17-20-5/h4,15H,2-3,12H2,1H3,(H2,13,18)(H,14,19). The van der Waals surface area contributed by atoms with Gasteiger partial charge in [-0.05, 0) is 0 Å². The Morgan fingerprint density at radius 3 is 2.81 bits per heavy atom. The average molecular weight is 310 g/mol. The zero-order chi connectivity index (χ0) is 15.4. The van der Waals surface area contributed by atoms with Gasteiger partial charge in [-0.25, -0.2) is 0 Å². The molecule has 21 heavy (non-hydrogen) atoms. The van der Waals surface area contributed by atoms with Gasteiger partial charge in [-0.1, -0.05) is 5.16 Å². The molecule has 2 aromatic heterocycles. The summed E-state index contributed by atoms with van der Waals surface area (Å²) in [6, 6.07) is 0. The number of carbonyl (C=O) groups excluding carboxylic acids is 2. The molecule has 0 saturated heterocycles. The Labute approximate surface area is 123 Å². The van der Waals surface area contributed by atoms with Crippen molar-refractivity contribution < 1.29 is 14.1 Å². The molecule has 0 bridgehead atoms. The van der Waals surface area contributed by atoms with Crippen LogP contribution in [0.25, 0.3) is 0 Å². The second-order valence-electron chi connectivity index (χ2n) is 4.00. The Morgan fingerprint density at radius 2 is 2.24 bits per heavy atom. The molecule has 0 aromatic carbocycles. The lowest BCUT2D eigenvalue weighted by Crippen LogP contribution is -2.19. The molecule has 112 valence electrons. The van der Waals surface area contributed by atoms with E-state index < -0.39 is 5.91 Å². The van der Waals surface area contributed by atoms with Gasteiger partial charge >= 0.3 is 0 Å². The summed E-state index contributed by atoms with van der Waals surface area (Å²) in [5, 5.41) is 9.39. The highest BCUT2D eigenvalue weighted by Crippen LogP contribution is 2.35. The molecule has 10 heteroatoms. The highest BCUT2D eigenvalue weighted by molar-refractivity contribution is 7.19. The van der Waals surface area contributed by atoms with Crippen molar-refractivity contribution >= 4 is 33.8 Å². The van der Waals surface area contributed by atoms with Gasteiger partial charge in [0.2, 0.25) is 5.89 Å². The van der Waals surface area contributed by atoms with Crippen LogP contribution in [0.1, 0.15) is 25.9 Å². The average Bonchev–Trinajstić information content (AvgIpc) is 3.06. The number of thiophene rings is 1. The van der Waals surface area contributed by atoms with Crippen LogP contribution >= 0.6 is 11.3 Å². The largest absolute Gasteiger partial charge is 0.397 e. The summed E-state index contributed by atoms with van der Waals surface area (Å²) in [5.74, 6) is -0.608. The first-order valence-electron chi connectivity index (χ1n) is 5.98. The van der Waals surface area contributed by atoms with Crippen molar-refractivity contribution in [3.8, 4) is 0 Å². The van der Waals surface area contributed by atoms with Crippen LogP contribution in [-0.2, 0) is 6.42 Å². The second kappa shape index (κ2) is 6.22. The molecule has 0 radical (unpaired) electrons. The van der Waals surface area contributed by atoms with Gasteiger partial charge < -0.3 is 26.6 Å². The van der Waals surface area contributed by atoms with Crippen molar-refractivity contribution in [2.24, 2.45) is 5.73 Å². The fraction of sp³-hybridized carbons (Fsp3) is 0.273. The van der Waals surface area contributed by atoms with E-state index in [0.717, 1.165) is 11.3 Å². The third kappa shape index (κ3) is 3.11. The molecule has 2 heterocycles. The summed E-state index contributed by atoms with van der Waals surface area (Å²) in [4.78, 5) is 27.3. The zero-order valence-corrected chi connectivity index (χ0v) is 12.0. The number of aromatic nitrogens is 2. The van der Waals surface area contributed by atoms with Crippen LogP contribution in [0, 0.1) is 0 Å². The first-order chi connectivity index (χ1) is 10.0. The molecule has 2 aromatic rings. The molecule has 0 spiro atoms. The minimum Gasteiger partial charge on any atom is -0.397 e. The molecule has 0 aliphatic rings. The quantitative estimate of drug-likeness (QED) is 0.578. The lowest BCUT2D eigenvalue weighted by Gasteiger charge is -2.03. The van der Waals surface area contributed by atoms with Gasteiger partial charge in [0.25, 0.3) is 11.8 Å². The molecule has 2 rings (SSSR count). The summed E-state index contributed by atoms with van der Waals surface area (Å²) in [6.45, 7) is 0.426. The summed E-state index contributed by atoms with van der Waals surface area (Å²) < 4.78 is 4.86. The number of primary amides is 1. The van der Waals surface area contributed by atoms with E-state index in [0.29, 0.717) is 23.9 Å². The summed E-state index contributed by atoms with van der Waals surface area (Å²) in [7, 11) is 1.48. The zero-order valence-electron chi connectivity index (χ0n) is 11.2. The van der Waals surface area contributed by atoms with Crippen molar-refractivity contribution in [2.75, 3.05) is 24.6 Å². The van der Waals surface area contributed by atoms with Gasteiger partial charge in [0.1, 0.15) is 9.88 Å². The Morgan fingerprint density at radius 1 is 1.48 bits per heavy atom. The third-order valence-corrected chi connectivity index (χ3v) is 3.82. The van der Waals surface area contributed by atoms with Crippen LogP contribution < -0.4 is 22.1 Å². The molecule has 0 unspecified atom stereocenters. The van der Waals surface area contributed by atoms with Crippen LogP contribution in [0.4, 0.5) is 10.7 Å². The Kier molecular flexibility index (Phi) is 4.38. The fourth-order valence-electron chi connectivity index (χ4n) is 1.68. The Balaban J connectivity index is 2.17. The van der Waals surface area contributed by atoms with E-state index >= 15 is 0 Å². The molecule has 0 saturated carbocycles. The number of amides is 2. The fourth-order valence-corrected chi connectivity index (χ4v) is 2.78. The summed E-state index contributed by atoms with van der Waals surface area (Å²) in [5.41, 5.74) is 11.3. The molecular formula is C11H14N6O3S. The number of nitrogen functional groups attached to an aromatic ring is 1. The highest BCUT2D eigenvalue weighted by Gasteiger charge is 2.23. The molecule has 0 fully saturated rings. The van der Waals surface area contributed by atoms with Crippen molar-refractivity contribution in [2.45, 2.75) is 6.42 Å². The number of nitrogens with one attached hydrogen (secondary N) is 2. The van der Waals surface area contributed by atoms with Gasteiger partial charge in [0, 0.05) is 20.0 Å².